The topological polar surface area (TPSA) is 27.1 Å². The van der Waals surface area contributed by atoms with E-state index in [1.165, 1.54) is 0 Å². The van der Waals surface area contributed by atoms with E-state index in [1.807, 2.05) is 0 Å². The summed E-state index contributed by atoms with van der Waals surface area (Å²) in [6, 6.07) is 0. The summed E-state index contributed by atoms with van der Waals surface area (Å²) in [5.41, 5.74) is -0.778. The number of ether oxygens (including phenoxy) is 1. The molecule has 0 radical (unpaired) electrons. The molecule has 1 saturated heterocycles. The molecule has 1 aromatic heterocycles. The van der Waals surface area contributed by atoms with Crippen LogP contribution >= 0.6 is 15.9 Å². The lowest BCUT2D eigenvalue weighted by atomic mass is 10.2. The van der Waals surface area contributed by atoms with Crippen LogP contribution in [-0.4, -0.2) is 16.4 Å². The van der Waals surface area contributed by atoms with Gasteiger partial charge in [0.15, 0.2) is 11.9 Å². The van der Waals surface area contributed by atoms with E-state index >= 15 is 0 Å². The van der Waals surface area contributed by atoms with E-state index in [0.717, 1.165) is 23.7 Å². The average Bonchev–Trinajstić information content (AvgIpc) is 2.61. The molecular weight excluding hydrogens is 289 g/mol. The SMILES string of the molecule is FC(F)(F)c1c(Br)cnn1C1CCCCO1. The van der Waals surface area contributed by atoms with Gasteiger partial charge in [-0.05, 0) is 35.2 Å². The Morgan fingerprint density at radius 2 is 2.19 bits per heavy atom. The van der Waals surface area contributed by atoms with Gasteiger partial charge in [0.05, 0.1) is 10.7 Å². The molecule has 0 N–H and O–H groups in total. The molecule has 2 rings (SSSR count). The van der Waals surface area contributed by atoms with Crippen LogP contribution in [0.15, 0.2) is 10.7 Å². The maximum absolute atomic E-state index is 12.8. The van der Waals surface area contributed by atoms with Gasteiger partial charge in [0.2, 0.25) is 0 Å². The van der Waals surface area contributed by atoms with Crippen molar-refractivity contribution in [3.05, 3.63) is 16.4 Å². The molecule has 90 valence electrons. The first kappa shape index (κ1) is 11.9. The molecule has 1 aromatic rings. The Hall–Kier alpha value is -0.560. The normalized spacial score (nSPS) is 22.4. The summed E-state index contributed by atoms with van der Waals surface area (Å²) in [5.74, 6) is 0. The molecule has 0 spiro atoms. The lowest BCUT2D eigenvalue weighted by Gasteiger charge is -2.25. The molecule has 0 aliphatic carbocycles. The summed E-state index contributed by atoms with van der Waals surface area (Å²) in [6.07, 6.45) is -1.55. The summed E-state index contributed by atoms with van der Waals surface area (Å²) in [7, 11) is 0. The predicted octanol–water partition coefficient (Wildman–Crippen LogP) is 3.36. The predicted molar refractivity (Wildman–Crippen MR) is 53.8 cm³/mol. The minimum absolute atomic E-state index is 0.0471. The lowest BCUT2D eigenvalue weighted by molar-refractivity contribution is -0.152. The Morgan fingerprint density at radius 3 is 2.75 bits per heavy atom. The van der Waals surface area contributed by atoms with Crippen LogP contribution in [0.2, 0.25) is 0 Å². The number of halogens is 4. The summed E-state index contributed by atoms with van der Waals surface area (Å²) >= 11 is 2.86. The molecule has 7 heteroatoms. The van der Waals surface area contributed by atoms with Gasteiger partial charge in [-0.1, -0.05) is 0 Å². The van der Waals surface area contributed by atoms with Crippen molar-refractivity contribution in [2.45, 2.75) is 31.7 Å². The van der Waals surface area contributed by atoms with Crippen molar-refractivity contribution in [2.24, 2.45) is 0 Å². The van der Waals surface area contributed by atoms with Gasteiger partial charge in [0.25, 0.3) is 0 Å². The van der Waals surface area contributed by atoms with Crippen LogP contribution in [0, 0.1) is 0 Å². The average molecular weight is 299 g/mol. The standard InChI is InChI=1S/C9H10BrF3N2O/c10-6-5-14-15(8(6)9(11,12)13)7-3-1-2-4-16-7/h5,7H,1-4H2. The summed E-state index contributed by atoms with van der Waals surface area (Å²) in [4.78, 5) is 0. The quantitative estimate of drug-likeness (QED) is 0.795. The fourth-order valence-corrected chi connectivity index (χ4v) is 2.24. The van der Waals surface area contributed by atoms with E-state index in [0.29, 0.717) is 13.0 Å². The van der Waals surface area contributed by atoms with E-state index in [1.54, 1.807) is 0 Å². The first-order valence-electron chi connectivity index (χ1n) is 4.92. The largest absolute Gasteiger partial charge is 0.434 e. The van der Waals surface area contributed by atoms with Crippen LogP contribution in [0.3, 0.4) is 0 Å². The van der Waals surface area contributed by atoms with Gasteiger partial charge in [0, 0.05) is 6.61 Å². The molecule has 0 saturated carbocycles. The van der Waals surface area contributed by atoms with Crippen LogP contribution in [0.1, 0.15) is 31.2 Å². The van der Waals surface area contributed by atoms with Crippen molar-refractivity contribution in [3.8, 4) is 0 Å². The van der Waals surface area contributed by atoms with Gasteiger partial charge < -0.3 is 4.74 Å². The molecular formula is C9H10BrF3N2O. The summed E-state index contributed by atoms with van der Waals surface area (Å²) in [5, 5.41) is 3.73. The van der Waals surface area contributed by atoms with Crippen LogP contribution < -0.4 is 0 Å². The Labute approximate surface area is 98.7 Å². The summed E-state index contributed by atoms with van der Waals surface area (Å²) < 4.78 is 44.4. The molecule has 1 atom stereocenters. The highest BCUT2D eigenvalue weighted by atomic mass is 79.9. The first-order chi connectivity index (χ1) is 7.50. The smallest absolute Gasteiger partial charge is 0.356 e. The van der Waals surface area contributed by atoms with E-state index in [9.17, 15) is 13.2 Å². The highest BCUT2D eigenvalue weighted by molar-refractivity contribution is 9.10. The minimum atomic E-state index is -4.42. The highest BCUT2D eigenvalue weighted by Gasteiger charge is 2.39. The number of aromatic nitrogens is 2. The molecule has 16 heavy (non-hydrogen) atoms. The van der Waals surface area contributed by atoms with E-state index in [4.69, 9.17) is 4.74 Å². The maximum atomic E-state index is 12.8. The molecule has 1 aliphatic rings. The Kier molecular flexibility index (Phi) is 3.25. The van der Waals surface area contributed by atoms with E-state index < -0.39 is 18.1 Å². The second-order valence-corrected chi connectivity index (χ2v) is 4.46. The van der Waals surface area contributed by atoms with Crippen LogP contribution in [0.5, 0.6) is 0 Å². The van der Waals surface area contributed by atoms with Crippen molar-refractivity contribution in [1.29, 1.82) is 0 Å². The minimum Gasteiger partial charge on any atom is -0.356 e. The van der Waals surface area contributed by atoms with Crippen LogP contribution in [0.4, 0.5) is 13.2 Å². The number of rotatable bonds is 1. The van der Waals surface area contributed by atoms with Gasteiger partial charge >= 0.3 is 6.18 Å². The fraction of sp³-hybridized carbons (Fsp3) is 0.667. The third-order valence-electron chi connectivity index (χ3n) is 2.45. The molecule has 2 heterocycles. The molecule has 1 unspecified atom stereocenters. The second kappa shape index (κ2) is 4.37. The third kappa shape index (κ3) is 2.24. The fourth-order valence-electron chi connectivity index (χ4n) is 1.74. The maximum Gasteiger partial charge on any atom is 0.434 e. The molecule has 1 aliphatic heterocycles. The summed E-state index contributed by atoms with van der Waals surface area (Å²) in [6.45, 7) is 0.486. The second-order valence-electron chi connectivity index (χ2n) is 3.60. The van der Waals surface area contributed by atoms with Crippen LogP contribution in [0.25, 0.3) is 0 Å². The Bertz CT molecular complexity index is 371. The Morgan fingerprint density at radius 1 is 1.44 bits per heavy atom. The number of alkyl halides is 3. The highest BCUT2D eigenvalue weighted by Crippen LogP contribution is 2.37. The van der Waals surface area contributed by atoms with Gasteiger partial charge in [0.1, 0.15) is 0 Å². The lowest BCUT2D eigenvalue weighted by Crippen LogP contribution is -2.24. The first-order valence-corrected chi connectivity index (χ1v) is 5.71. The molecule has 0 aromatic carbocycles. The molecule has 1 fully saturated rings. The van der Waals surface area contributed by atoms with Crippen molar-refractivity contribution in [2.75, 3.05) is 6.61 Å². The van der Waals surface area contributed by atoms with Crippen molar-refractivity contribution in [1.82, 2.24) is 9.78 Å². The number of hydrogen-bond acceptors (Lipinski definition) is 2. The van der Waals surface area contributed by atoms with Gasteiger partial charge in [-0.2, -0.15) is 18.3 Å². The number of hydrogen-bond donors (Lipinski definition) is 0. The van der Waals surface area contributed by atoms with Crippen molar-refractivity contribution < 1.29 is 17.9 Å². The zero-order valence-corrected chi connectivity index (χ0v) is 9.88. The zero-order chi connectivity index (χ0) is 11.8. The molecule has 0 amide bonds. The monoisotopic (exact) mass is 298 g/mol. The van der Waals surface area contributed by atoms with Gasteiger partial charge in [-0.3, -0.25) is 0 Å². The van der Waals surface area contributed by atoms with Crippen LogP contribution in [-0.2, 0) is 10.9 Å². The van der Waals surface area contributed by atoms with E-state index in [2.05, 4.69) is 21.0 Å². The third-order valence-corrected chi connectivity index (χ3v) is 3.03. The van der Waals surface area contributed by atoms with Gasteiger partial charge in [-0.15, -0.1) is 0 Å². The zero-order valence-electron chi connectivity index (χ0n) is 8.30. The number of nitrogens with zero attached hydrogens (tertiary/aromatic N) is 2. The Balaban J connectivity index is 2.33. The molecule has 0 bridgehead atoms. The molecule has 3 nitrogen and oxygen atoms in total. The van der Waals surface area contributed by atoms with Crippen molar-refractivity contribution in [3.63, 3.8) is 0 Å². The van der Waals surface area contributed by atoms with E-state index in [-0.39, 0.29) is 4.47 Å². The van der Waals surface area contributed by atoms with Crippen molar-refractivity contribution >= 4 is 15.9 Å². The van der Waals surface area contributed by atoms with Gasteiger partial charge in [-0.25, -0.2) is 4.68 Å².